The molecular weight excluding hydrogens is 397 g/mol. The first-order chi connectivity index (χ1) is 14.3. The fraction of sp³-hybridized carbons (Fsp3) is 0.318. The summed E-state index contributed by atoms with van der Waals surface area (Å²) in [6.07, 6.45) is 0.138. The van der Waals surface area contributed by atoms with Crippen LogP contribution in [0.25, 0.3) is 0 Å². The number of halogens is 3. The van der Waals surface area contributed by atoms with E-state index in [0.29, 0.717) is 11.6 Å². The van der Waals surface area contributed by atoms with Gasteiger partial charge in [-0.15, -0.1) is 0 Å². The van der Waals surface area contributed by atoms with Crippen LogP contribution in [-0.4, -0.2) is 53.6 Å². The fourth-order valence-corrected chi connectivity index (χ4v) is 3.28. The fourth-order valence-electron chi connectivity index (χ4n) is 3.28. The summed E-state index contributed by atoms with van der Waals surface area (Å²) in [6, 6.07) is 8.73. The molecule has 8 heteroatoms. The lowest BCUT2D eigenvalue weighted by Crippen LogP contribution is -2.50. The molecule has 1 fully saturated rings. The molecule has 0 saturated carbocycles. The quantitative estimate of drug-likeness (QED) is 0.553. The first-order valence-electron chi connectivity index (χ1n) is 9.58. The highest BCUT2D eigenvalue weighted by Crippen LogP contribution is 2.18. The molecule has 2 aromatic carbocycles. The number of aryl methyl sites for hydroxylation is 1. The van der Waals surface area contributed by atoms with E-state index in [2.05, 4.69) is 0 Å². The van der Waals surface area contributed by atoms with Crippen LogP contribution in [-0.2, 0) is 4.79 Å². The van der Waals surface area contributed by atoms with E-state index in [4.69, 9.17) is 0 Å². The van der Waals surface area contributed by atoms with Gasteiger partial charge in [-0.3, -0.25) is 14.4 Å². The molecule has 1 aliphatic rings. The minimum atomic E-state index is -1.69. The first-order valence-corrected chi connectivity index (χ1v) is 9.58. The van der Waals surface area contributed by atoms with Gasteiger partial charge in [-0.1, -0.05) is 29.8 Å². The third-order valence-electron chi connectivity index (χ3n) is 5.12. The summed E-state index contributed by atoms with van der Waals surface area (Å²) < 4.78 is 40.3. The van der Waals surface area contributed by atoms with E-state index in [-0.39, 0.29) is 50.7 Å². The molecule has 30 heavy (non-hydrogen) atoms. The molecule has 2 aromatic rings. The van der Waals surface area contributed by atoms with Gasteiger partial charge >= 0.3 is 0 Å². The number of hydrogen-bond acceptors (Lipinski definition) is 3. The van der Waals surface area contributed by atoms with Crippen LogP contribution in [0.1, 0.15) is 39.1 Å². The number of amides is 2. The SMILES string of the molecule is Cc1ccc(C(=O)CCC(=O)N2CCN(C(=O)c3ccc(F)c(F)c3F)CC2)cc1. The van der Waals surface area contributed by atoms with Gasteiger partial charge < -0.3 is 9.80 Å². The Morgan fingerprint density at radius 1 is 0.800 bits per heavy atom. The summed E-state index contributed by atoms with van der Waals surface area (Å²) >= 11 is 0. The van der Waals surface area contributed by atoms with Gasteiger partial charge in [0.1, 0.15) is 0 Å². The summed E-state index contributed by atoms with van der Waals surface area (Å²) in [5.41, 5.74) is 1.05. The number of piperazine rings is 1. The Kier molecular flexibility index (Phi) is 6.54. The zero-order valence-corrected chi connectivity index (χ0v) is 16.5. The molecule has 0 N–H and O–H groups in total. The van der Waals surface area contributed by atoms with E-state index < -0.39 is 28.9 Å². The lowest BCUT2D eigenvalue weighted by molar-refractivity contribution is -0.132. The molecule has 158 valence electrons. The van der Waals surface area contributed by atoms with Gasteiger partial charge in [-0.05, 0) is 19.1 Å². The van der Waals surface area contributed by atoms with Crippen molar-refractivity contribution in [3.63, 3.8) is 0 Å². The van der Waals surface area contributed by atoms with E-state index in [9.17, 15) is 27.6 Å². The second-order valence-electron chi connectivity index (χ2n) is 7.19. The number of Topliss-reactive ketones (excluding diaryl/α,β-unsaturated/α-hetero) is 1. The van der Waals surface area contributed by atoms with Crippen molar-refractivity contribution >= 4 is 17.6 Å². The van der Waals surface area contributed by atoms with Crippen molar-refractivity contribution in [2.75, 3.05) is 26.2 Å². The van der Waals surface area contributed by atoms with Crippen LogP contribution in [0.4, 0.5) is 13.2 Å². The van der Waals surface area contributed by atoms with Crippen LogP contribution in [0.3, 0.4) is 0 Å². The van der Waals surface area contributed by atoms with Gasteiger partial charge in [0.25, 0.3) is 5.91 Å². The number of carbonyl (C=O) groups excluding carboxylic acids is 3. The Morgan fingerprint density at radius 2 is 1.40 bits per heavy atom. The molecule has 0 radical (unpaired) electrons. The molecule has 2 amide bonds. The lowest BCUT2D eigenvalue weighted by Gasteiger charge is -2.35. The van der Waals surface area contributed by atoms with Crippen molar-refractivity contribution in [2.24, 2.45) is 0 Å². The topological polar surface area (TPSA) is 57.7 Å². The Bertz CT molecular complexity index is 968. The first kappa shape index (κ1) is 21.5. The van der Waals surface area contributed by atoms with Gasteiger partial charge in [0.2, 0.25) is 5.91 Å². The van der Waals surface area contributed by atoms with Crippen molar-refractivity contribution < 1.29 is 27.6 Å². The van der Waals surface area contributed by atoms with Crippen LogP contribution < -0.4 is 0 Å². The number of nitrogens with zero attached hydrogens (tertiary/aromatic N) is 2. The van der Waals surface area contributed by atoms with Crippen LogP contribution in [0, 0.1) is 24.4 Å². The average molecular weight is 418 g/mol. The maximum Gasteiger partial charge on any atom is 0.257 e. The van der Waals surface area contributed by atoms with Crippen LogP contribution in [0.5, 0.6) is 0 Å². The molecule has 0 bridgehead atoms. The Morgan fingerprint density at radius 3 is 2.03 bits per heavy atom. The van der Waals surface area contributed by atoms with Crippen molar-refractivity contribution in [2.45, 2.75) is 19.8 Å². The maximum atomic E-state index is 13.9. The van der Waals surface area contributed by atoms with E-state index in [1.54, 1.807) is 12.1 Å². The largest absolute Gasteiger partial charge is 0.339 e. The normalized spacial score (nSPS) is 14.0. The molecule has 0 spiro atoms. The van der Waals surface area contributed by atoms with Crippen molar-refractivity contribution in [1.29, 1.82) is 0 Å². The Labute approximate surface area is 172 Å². The number of carbonyl (C=O) groups is 3. The molecule has 1 aliphatic heterocycles. The summed E-state index contributed by atoms with van der Waals surface area (Å²) in [4.78, 5) is 39.8. The number of rotatable bonds is 5. The van der Waals surface area contributed by atoms with Crippen molar-refractivity contribution in [1.82, 2.24) is 9.80 Å². The molecule has 0 unspecified atom stereocenters. The van der Waals surface area contributed by atoms with Gasteiger partial charge in [-0.2, -0.15) is 0 Å². The van der Waals surface area contributed by atoms with Gasteiger partial charge in [0.15, 0.2) is 23.2 Å². The van der Waals surface area contributed by atoms with E-state index in [1.807, 2.05) is 19.1 Å². The predicted molar refractivity (Wildman–Crippen MR) is 104 cm³/mol. The molecule has 0 aliphatic carbocycles. The third kappa shape index (κ3) is 4.69. The Hall–Kier alpha value is -3.16. The predicted octanol–water partition coefficient (Wildman–Crippen LogP) is 3.36. The summed E-state index contributed by atoms with van der Waals surface area (Å²) in [5.74, 6) is -5.65. The molecule has 5 nitrogen and oxygen atoms in total. The number of ketones is 1. The number of hydrogen-bond donors (Lipinski definition) is 0. The molecule has 0 atom stereocenters. The zero-order chi connectivity index (χ0) is 21.8. The second-order valence-corrected chi connectivity index (χ2v) is 7.19. The van der Waals surface area contributed by atoms with Crippen molar-refractivity contribution in [3.05, 3.63) is 70.5 Å². The summed E-state index contributed by atoms with van der Waals surface area (Å²) in [7, 11) is 0. The Balaban J connectivity index is 1.52. The van der Waals surface area contributed by atoms with Gasteiger partial charge in [0.05, 0.1) is 5.56 Å². The third-order valence-corrected chi connectivity index (χ3v) is 5.12. The number of benzene rings is 2. The van der Waals surface area contributed by atoms with Gasteiger partial charge in [-0.25, -0.2) is 13.2 Å². The van der Waals surface area contributed by atoms with E-state index in [0.717, 1.165) is 11.6 Å². The molecule has 1 saturated heterocycles. The molecule has 1 heterocycles. The highest BCUT2D eigenvalue weighted by atomic mass is 19.2. The monoisotopic (exact) mass is 418 g/mol. The lowest BCUT2D eigenvalue weighted by atomic mass is 10.0. The average Bonchev–Trinajstić information content (AvgIpc) is 2.76. The highest BCUT2D eigenvalue weighted by molar-refractivity contribution is 5.98. The van der Waals surface area contributed by atoms with Crippen LogP contribution >= 0.6 is 0 Å². The van der Waals surface area contributed by atoms with Crippen LogP contribution in [0.15, 0.2) is 36.4 Å². The summed E-state index contributed by atoms with van der Waals surface area (Å²) in [6.45, 7) is 2.62. The molecule has 0 aromatic heterocycles. The minimum absolute atomic E-state index is 0.0540. The minimum Gasteiger partial charge on any atom is -0.339 e. The van der Waals surface area contributed by atoms with Gasteiger partial charge in [0, 0.05) is 44.6 Å². The standard InChI is InChI=1S/C22H21F3N2O3/c1-14-2-4-15(5-3-14)18(28)8-9-19(29)26-10-12-27(13-11-26)22(30)16-6-7-17(23)21(25)20(16)24/h2-7H,8-13H2,1H3. The van der Waals surface area contributed by atoms with E-state index in [1.165, 1.54) is 9.80 Å². The zero-order valence-electron chi connectivity index (χ0n) is 16.5. The highest BCUT2D eigenvalue weighted by Gasteiger charge is 2.28. The van der Waals surface area contributed by atoms with Crippen LogP contribution in [0.2, 0.25) is 0 Å². The summed E-state index contributed by atoms with van der Waals surface area (Å²) in [5, 5.41) is 0. The van der Waals surface area contributed by atoms with E-state index >= 15 is 0 Å². The smallest absolute Gasteiger partial charge is 0.257 e. The maximum absolute atomic E-state index is 13.9. The molecular formula is C22H21F3N2O3. The second kappa shape index (κ2) is 9.11. The van der Waals surface area contributed by atoms with Crippen molar-refractivity contribution in [3.8, 4) is 0 Å². The molecule has 3 rings (SSSR count).